The van der Waals surface area contributed by atoms with E-state index in [-0.39, 0.29) is 42.2 Å². The Morgan fingerprint density at radius 3 is 2.69 bits per heavy atom. The molecule has 0 aromatic rings. The number of aliphatic carboxylic acids is 1. The van der Waals surface area contributed by atoms with Crippen LogP contribution in [0.4, 0.5) is 0 Å². The minimum atomic E-state index is -1.14. The number of hydrogen-bond acceptors (Lipinski definition) is 6. The number of rotatable bonds is 9. The van der Waals surface area contributed by atoms with Crippen LogP contribution in [0.15, 0.2) is 24.3 Å². The Hall–Kier alpha value is -1.54. The molecule has 4 bridgehead atoms. The van der Waals surface area contributed by atoms with E-state index in [1.54, 1.807) is 6.08 Å². The molecule has 12 atom stereocenters. The van der Waals surface area contributed by atoms with Crippen LogP contribution in [0.25, 0.3) is 0 Å². The van der Waals surface area contributed by atoms with E-state index >= 15 is 0 Å². The van der Waals surface area contributed by atoms with E-state index in [9.17, 15) is 14.7 Å². The molecular formula is C29H40O7. The number of carbonyl (C=O) groups is 2. The van der Waals surface area contributed by atoms with Crippen LogP contribution in [0, 0.1) is 45.8 Å². The van der Waals surface area contributed by atoms with Crippen LogP contribution in [0.1, 0.15) is 53.4 Å². The highest BCUT2D eigenvalue weighted by molar-refractivity contribution is 5.89. The Morgan fingerprint density at radius 1 is 1.25 bits per heavy atom. The number of hydrogen-bond donors (Lipinski definition) is 1. The van der Waals surface area contributed by atoms with Crippen LogP contribution in [-0.2, 0) is 28.5 Å². The summed E-state index contributed by atoms with van der Waals surface area (Å²) < 4.78 is 24.4. The second kappa shape index (κ2) is 8.23. The van der Waals surface area contributed by atoms with E-state index in [1.807, 2.05) is 6.92 Å². The summed E-state index contributed by atoms with van der Waals surface area (Å²) in [5.74, 6) is 0.0903. The van der Waals surface area contributed by atoms with Gasteiger partial charge >= 0.3 is 5.97 Å². The van der Waals surface area contributed by atoms with Crippen molar-refractivity contribution in [2.24, 2.45) is 45.8 Å². The van der Waals surface area contributed by atoms with Crippen molar-refractivity contribution in [3.63, 3.8) is 0 Å². The zero-order valence-electron chi connectivity index (χ0n) is 21.9. The lowest BCUT2D eigenvalue weighted by molar-refractivity contribution is -0.221. The lowest BCUT2D eigenvalue weighted by Crippen LogP contribution is -2.58. The molecule has 1 N–H and O–H groups in total. The minimum absolute atomic E-state index is 0.0466. The zero-order chi connectivity index (χ0) is 25.6. The van der Waals surface area contributed by atoms with Crippen molar-refractivity contribution in [3.05, 3.63) is 24.3 Å². The normalized spacial score (nSPS) is 52.0. The standard InChI is InChI=1S/C29H40O7/c1-6-9-33-22-17(5)35-25(24-23(22)36-24)34-14-27-11-20(15(2)3)29(26(31)32)21(27)10-18-16(4)7-8-19(18)28(29,12-27)13-30/h6,11,13,15-19,21-25H,1,7-10,12,14H2,2-5H3,(H,31,32)/t16?,17-,18?,19?,21?,22-,23+,24+,25-,27?,28?,29?/m1/s1. The predicted molar refractivity (Wildman–Crippen MR) is 131 cm³/mol. The topological polar surface area (TPSA) is 94.6 Å². The molecule has 6 aliphatic rings. The highest BCUT2D eigenvalue weighted by Gasteiger charge is 2.82. The van der Waals surface area contributed by atoms with E-state index in [1.165, 1.54) is 0 Å². The SMILES string of the molecule is C=CCO[C@H]1[C@@H]2O[C@@H]2[C@H](OCC23C=C(C(C)C)C4(C(=O)O)C2CC2C(C)CCC2C4(C=O)C3)O[C@@H]1C. The van der Waals surface area contributed by atoms with Gasteiger partial charge in [0.05, 0.1) is 24.7 Å². The summed E-state index contributed by atoms with van der Waals surface area (Å²) in [4.78, 5) is 26.4. The molecule has 2 heterocycles. The molecule has 7 heteroatoms. The lowest BCUT2D eigenvalue weighted by atomic mass is 9.47. The predicted octanol–water partition coefficient (Wildman–Crippen LogP) is 4.01. The number of fused-ring (bicyclic) bond motifs is 3. The first kappa shape index (κ1) is 24.8. The van der Waals surface area contributed by atoms with E-state index in [2.05, 4.69) is 33.4 Å². The average Bonchev–Trinajstić information content (AvgIpc) is 3.43. The molecule has 0 spiro atoms. The summed E-state index contributed by atoms with van der Waals surface area (Å²) in [5.41, 5.74) is -1.58. The van der Waals surface area contributed by atoms with E-state index in [4.69, 9.17) is 18.9 Å². The van der Waals surface area contributed by atoms with Crippen molar-refractivity contribution < 1.29 is 33.6 Å². The molecule has 198 valence electrons. The molecule has 4 aliphatic carbocycles. The Morgan fingerprint density at radius 2 is 2.03 bits per heavy atom. The van der Waals surface area contributed by atoms with Crippen molar-refractivity contribution in [3.8, 4) is 0 Å². The first-order valence-corrected chi connectivity index (χ1v) is 13.7. The quantitative estimate of drug-likeness (QED) is 0.290. The molecule has 0 amide bonds. The Labute approximate surface area is 213 Å². The number of epoxide rings is 1. The third kappa shape index (κ3) is 2.94. The molecule has 7 nitrogen and oxygen atoms in total. The summed E-state index contributed by atoms with van der Waals surface area (Å²) in [7, 11) is 0. The summed E-state index contributed by atoms with van der Waals surface area (Å²) in [5, 5.41) is 10.9. The fraction of sp³-hybridized carbons (Fsp3) is 0.793. The Kier molecular flexibility index (Phi) is 5.66. The molecule has 0 radical (unpaired) electrons. The third-order valence-electron chi connectivity index (χ3n) is 10.9. The molecule has 2 aliphatic heterocycles. The van der Waals surface area contributed by atoms with Gasteiger partial charge < -0.3 is 28.8 Å². The maximum Gasteiger partial charge on any atom is 0.315 e. The van der Waals surface area contributed by atoms with Gasteiger partial charge in [0.15, 0.2) is 6.29 Å². The van der Waals surface area contributed by atoms with Crippen LogP contribution in [-0.4, -0.2) is 61.3 Å². The molecule has 0 aromatic heterocycles. The monoisotopic (exact) mass is 500 g/mol. The first-order chi connectivity index (χ1) is 17.2. The van der Waals surface area contributed by atoms with Gasteiger partial charge in [-0.25, -0.2) is 0 Å². The van der Waals surface area contributed by atoms with Crippen molar-refractivity contribution in [1.82, 2.24) is 0 Å². The molecule has 2 saturated heterocycles. The van der Waals surface area contributed by atoms with Gasteiger partial charge in [-0.15, -0.1) is 6.58 Å². The Bertz CT molecular complexity index is 988. The van der Waals surface area contributed by atoms with Gasteiger partial charge in [0, 0.05) is 5.41 Å². The molecule has 0 aromatic carbocycles. The second-order valence-corrected chi connectivity index (χ2v) is 12.7. The molecule has 3 saturated carbocycles. The summed E-state index contributed by atoms with van der Waals surface area (Å²) in [6.07, 6.45) is 7.24. The van der Waals surface area contributed by atoms with Crippen LogP contribution in [0.5, 0.6) is 0 Å². The maximum atomic E-state index is 13.3. The molecular weight excluding hydrogens is 460 g/mol. The highest BCUT2D eigenvalue weighted by Crippen LogP contribution is 2.81. The second-order valence-electron chi connectivity index (χ2n) is 12.7. The van der Waals surface area contributed by atoms with Crippen LogP contribution >= 0.6 is 0 Å². The van der Waals surface area contributed by atoms with Crippen LogP contribution in [0.3, 0.4) is 0 Å². The summed E-state index contributed by atoms with van der Waals surface area (Å²) >= 11 is 0. The lowest BCUT2D eigenvalue weighted by Gasteiger charge is -2.53. The van der Waals surface area contributed by atoms with Crippen molar-refractivity contribution in [2.45, 2.75) is 84.1 Å². The van der Waals surface area contributed by atoms with Gasteiger partial charge in [0.2, 0.25) is 0 Å². The number of carboxylic acids is 1. The molecule has 5 fully saturated rings. The fourth-order valence-electron chi connectivity index (χ4n) is 9.56. The fourth-order valence-corrected chi connectivity index (χ4v) is 9.56. The minimum Gasteiger partial charge on any atom is -0.481 e. The average molecular weight is 501 g/mol. The highest BCUT2D eigenvalue weighted by atomic mass is 16.7. The smallest absolute Gasteiger partial charge is 0.315 e. The van der Waals surface area contributed by atoms with Crippen molar-refractivity contribution in [2.75, 3.05) is 13.2 Å². The van der Waals surface area contributed by atoms with E-state index < -0.39 is 28.5 Å². The summed E-state index contributed by atoms with van der Waals surface area (Å²) in [6.45, 7) is 12.9. The van der Waals surface area contributed by atoms with Gasteiger partial charge in [-0.1, -0.05) is 44.9 Å². The van der Waals surface area contributed by atoms with Gasteiger partial charge in [-0.3, -0.25) is 4.79 Å². The largest absolute Gasteiger partial charge is 0.481 e. The number of carboxylic acid groups (broad SMARTS) is 1. The van der Waals surface area contributed by atoms with Gasteiger partial charge in [-0.2, -0.15) is 0 Å². The van der Waals surface area contributed by atoms with Crippen LogP contribution < -0.4 is 0 Å². The van der Waals surface area contributed by atoms with Crippen molar-refractivity contribution >= 4 is 12.3 Å². The number of carbonyl (C=O) groups excluding carboxylic acids is 1. The Balaban J connectivity index is 1.32. The molecule has 6 rings (SSSR count). The number of ether oxygens (including phenoxy) is 4. The van der Waals surface area contributed by atoms with Crippen LogP contribution in [0.2, 0.25) is 0 Å². The van der Waals surface area contributed by atoms with Gasteiger partial charge in [0.1, 0.15) is 30.0 Å². The van der Waals surface area contributed by atoms with Crippen molar-refractivity contribution in [1.29, 1.82) is 0 Å². The van der Waals surface area contributed by atoms with Gasteiger partial charge in [-0.05, 0) is 55.8 Å². The van der Waals surface area contributed by atoms with E-state index in [0.29, 0.717) is 31.5 Å². The molecule has 36 heavy (non-hydrogen) atoms. The third-order valence-corrected chi connectivity index (χ3v) is 10.9. The first-order valence-electron chi connectivity index (χ1n) is 13.7. The maximum absolute atomic E-state index is 13.3. The number of aldehydes is 1. The summed E-state index contributed by atoms with van der Waals surface area (Å²) in [6, 6.07) is 0. The molecule has 7 unspecified atom stereocenters. The zero-order valence-corrected chi connectivity index (χ0v) is 21.9. The van der Waals surface area contributed by atoms with E-state index in [0.717, 1.165) is 31.1 Å². The van der Waals surface area contributed by atoms with Gasteiger partial charge in [0.25, 0.3) is 0 Å².